The second kappa shape index (κ2) is 14.8. The summed E-state index contributed by atoms with van der Waals surface area (Å²) in [5.74, 6) is -0.197. The number of nitrogens with zero attached hydrogens (tertiary/aromatic N) is 2. The second-order valence-corrected chi connectivity index (χ2v) is 13.3. The summed E-state index contributed by atoms with van der Waals surface area (Å²) in [6.45, 7) is 3.12. The highest BCUT2D eigenvalue weighted by Gasteiger charge is 2.33. The quantitative estimate of drug-likeness (QED) is 0.271. The summed E-state index contributed by atoms with van der Waals surface area (Å²) < 4.78 is 40.0. The highest BCUT2D eigenvalue weighted by atomic mass is 35.5. The summed E-state index contributed by atoms with van der Waals surface area (Å²) in [6, 6.07) is 17.4. The first-order valence-electron chi connectivity index (χ1n) is 14.7. The van der Waals surface area contributed by atoms with Crippen LogP contribution in [0, 0.1) is 6.92 Å². The number of ether oxygens (including phenoxy) is 2. The molecular formula is C33H40ClN3O6S. The van der Waals surface area contributed by atoms with Gasteiger partial charge in [0.1, 0.15) is 12.6 Å². The first kappa shape index (κ1) is 33.1. The van der Waals surface area contributed by atoms with Crippen molar-refractivity contribution in [3.8, 4) is 11.5 Å². The SMILES string of the molecule is COc1ccc(S(=O)(=O)N(CC(=O)N(Cc2ccc(Cl)cc2)[C@H](C)C(=O)NC2CCCCC2)c2ccc(C)cc2)cc1OC. The number of rotatable bonds is 12. The zero-order valence-corrected chi connectivity index (χ0v) is 27.2. The topological polar surface area (TPSA) is 105 Å². The minimum absolute atomic E-state index is 0.0562. The van der Waals surface area contributed by atoms with Crippen molar-refractivity contribution >= 4 is 39.1 Å². The Morgan fingerprint density at radius 3 is 2.18 bits per heavy atom. The molecule has 0 spiro atoms. The molecule has 11 heteroatoms. The lowest BCUT2D eigenvalue weighted by atomic mass is 9.95. The van der Waals surface area contributed by atoms with Gasteiger partial charge in [0.05, 0.1) is 24.8 Å². The van der Waals surface area contributed by atoms with Gasteiger partial charge in [0.15, 0.2) is 11.5 Å². The van der Waals surface area contributed by atoms with Gasteiger partial charge in [-0.3, -0.25) is 13.9 Å². The van der Waals surface area contributed by atoms with Crippen LogP contribution in [0.25, 0.3) is 0 Å². The average molecular weight is 642 g/mol. The second-order valence-electron chi connectivity index (χ2n) is 11.0. The molecule has 0 heterocycles. The molecular weight excluding hydrogens is 602 g/mol. The molecule has 44 heavy (non-hydrogen) atoms. The number of carbonyl (C=O) groups excluding carboxylic acids is 2. The number of carbonyl (C=O) groups is 2. The van der Waals surface area contributed by atoms with E-state index in [-0.39, 0.29) is 29.1 Å². The van der Waals surface area contributed by atoms with Crippen molar-refractivity contribution in [3.63, 3.8) is 0 Å². The van der Waals surface area contributed by atoms with E-state index in [1.165, 1.54) is 37.3 Å². The van der Waals surface area contributed by atoms with Crippen LogP contribution < -0.4 is 19.1 Å². The third-order valence-corrected chi connectivity index (χ3v) is 9.95. The lowest BCUT2D eigenvalue weighted by molar-refractivity contribution is -0.139. The van der Waals surface area contributed by atoms with Crippen LogP contribution in [0.5, 0.6) is 11.5 Å². The number of aryl methyl sites for hydroxylation is 1. The number of hydrogen-bond acceptors (Lipinski definition) is 6. The van der Waals surface area contributed by atoms with Crippen molar-refractivity contribution in [2.24, 2.45) is 0 Å². The molecule has 0 aromatic heterocycles. The molecule has 1 fully saturated rings. The van der Waals surface area contributed by atoms with Gasteiger partial charge in [-0.25, -0.2) is 8.42 Å². The van der Waals surface area contributed by atoms with E-state index < -0.39 is 28.5 Å². The van der Waals surface area contributed by atoms with Crippen molar-refractivity contribution in [2.45, 2.75) is 69.5 Å². The predicted molar refractivity (Wildman–Crippen MR) is 172 cm³/mol. The summed E-state index contributed by atoms with van der Waals surface area (Å²) in [6.07, 6.45) is 5.04. The van der Waals surface area contributed by atoms with E-state index in [1.54, 1.807) is 55.5 Å². The van der Waals surface area contributed by atoms with Crippen LogP contribution in [0.15, 0.2) is 71.6 Å². The summed E-state index contributed by atoms with van der Waals surface area (Å²) in [7, 11) is -1.38. The number of hydrogen-bond donors (Lipinski definition) is 1. The van der Waals surface area contributed by atoms with Crippen LogP contribution in [-0.4, -0.2) is 58.0 Å². The molecule has 0 saturated heterocycles. The summed E-state index contributed by atoms with van der Waals surface area (Å²) in [5, 5.41) is 3.65. The monoisotopic (exact) mass is 641 g/mol. The zero-order chi connectivity index (χ0) is 31.9. The Bertz CT molecular complexity index is 1540. The zero-order valence-electron chi connectivity index (χ0n) is 25.6. The van der Waals surface area contributed by atoms with Crippen LogP contribution in [-0.2, 0) is 26.2 Å². The van der Waals surface area contributed by atoms with Gasteiger partial charge in [-0.15, -0.1) is 0 Å². The molecule has 3 aromatic carbocycles. The van der Waals surface area contributed by atoms with E-state index in [9.17, 15) is 18.0 Å². The minimum Gasteiger partial charge on any atom is -0.493 e. The fourth-order valence-corrected chi connectivity index (χ4v) is 6.84. The van der Waals surface area contributed by atoms with E-state index in [0.29, 0.717) is 16.5 Å². The summed E-state index contributed by atoms with van der Waals surface area (Å²) >= 11 is 6.09. The number of nitrogens with one attached hydrogen (secondary N) is 1. The van der Waals surface area contributed by atoms with E-state index in [1.807, 2.05) is 6.92 Å². The highest BCUT2D eigenvalue weighted by Crippen LogP contribution is 2.32. The van der Waals surface area contributed by atoms with Gasteiger partial charge in [-0.05, 0) is 68.7 Å². The van der Waals surface area contributed by atoms with Crippen molar-refractivity contribution in [2.75, 3.05) is 25.1 Å². The van der Waals surface area contributed by atoms with Gasteiger partial charge in [0.25, 0.3) is 10.0 Å². The molecule has 2 amide bonds. The van der Waals surface area contributed by atoms with Crippen LogP contribution in [0.2, 0.25) is 5.02 Å². The van der Waals surface area contributed by atoms with Crippen LogP contribution in [0.1, 0.15) is 50.2 Å². The lowest BCUT2D eigenvalue weighted by Crippen LogP contribution is -2.53. The maximum absolute atomic E-state index is 14.2. The number of amides is 2. The molecule has 1 N–H and O–H groups in total. The third-order valence-electron chi connectivity index (χ3n) is 7.93. The fourth-order valence-electron chi connectivity index (χ4n) is 5.28. The van der Waals surface area contributed by atoms with Gasteiger partial charge < -0.3 is 19.7 Å². The minimum atomic E-state index is -4.27. The molecule has 1 aliphatic carbocycles. The van der Waals surface area contributed by atoms with Crippen LogP contribution >= 0.6 is 11.6 Å². The lowest BCUT2D eigenvalue weighted by Gasteiger charge is -2.33. The van der Waals surface area contributed by atoms with Gasteiger partial charge in [0.2, 0.25) is 11.8 Å². The molecule has 3 aromatic rings. The molecule has 0 bridgehead atoms. The van der Waals surface area contributed by atoms with Crippen LogP contribution in [0.4, 0.5) is 5.69 Å². The maximum atomic E-state index is 14.2. The number of anilines is 1. The Morgan fingerprint density at radius 1 is 0.932 bits per heavy atom. The molecule has 1 aliphatic rings. The summed E-state index contributed by atoms with van der Waals surface area (Å²) in [5.41, 5.74) is 2.00. The first-order chi connectivity index (χ1) is 21.0. The highest BCUT2D eigenvalue weighted by molar-refractivity contribution is 7.92. The Kier molecular flexibility index (Phi) is 11.2. The Balaban J connectivity index is 1.70. The van der Waals surface area contributed by atoms with Crippen molar-refractivity contribution in [1.29, 1.82) is 0 Å². The van der Waals surface area contributed by atoms with E-state index in [4.69, 9.17) is 21.1 Å². The molecule has 0 radical (unpaired) electrons. The molecule has 9 nitrogen and oxygen atoms in total. The normalized spacial score (nSPS) is 14.4. The van der Waals surface area contributed by atoms with Gasteiger partial charge >= 0.3 is 0 Å². The van der Waals surface area contributed by atoms with Crippen molar-refractivity contribution in [3.05, 3.63) is 82.9 Å². The number of benzene rings is 3. The molecule has 4 rings (SSSR count). The number of sulfonamides is 1. The standard InChI is InChI=1S/C33H40ClN3O6S/c1-23-10-16-28(17-11-23)37(44(40,41)29-18-19-30(42-3)31(20-29)43-4)22-32(38)36(21-25-12-14-26(34)15-13-25)24(2)33(39)35-27-8-6-5-7-9-27/h10-20,24,27H,5-9,21-22H2,1-4H3,(H,35,39)/t24-/m1/s1. The number of methoxy groups -OCH3 is 2. The van der Waals surface area contributed by atoms with Crippen molar-refractivity contribution in [1.82, 2.24) is 10.2 Å². The van der Waals surface area contributed by atoms with Crippen LogP contribution in [0.3, 0.4) is 0 Å². The molecule has 236 valence electrons. The molecule has 1 saturated carbocycles. The fraction of sp³-hybridized carbons (Fsp3) is 0.394. The van der Waals surface area contributed by atoms with Gasteiger partial charge in [0, 0.05) is 23.7 Å². The van der Waals surface area contributed by atoms with Gasteiger partial charge in [-0.1, -0.05) is 60.7 Å². The molecule has 1 atom stereocenters. The van der Waals surface area contributed by atoms with E-state index >= 15 is 0 Å². The average Bonchev–Trinajstić information content (AvgIpc) is 3.03. The molecule has 0 unspecified atom stereocenters. The predicted octanol–water partition coefficient (Wildman–Crippen LogP) is 5.73. The Hall–Kier alpha value is -3.76. The van der Waals surface area contributed by atoms with E-state index in [0.717, 1.165) is 47.5 Å². The van der Waals surface area contributed by atoms with E-state index in [2.05, 4.69) is 5.32 Å². The van der Waals surface area contributed by atoms with Gasteiger partial charge in [-0.2, -0.15) is 0 Å². The van der Waals surface area contributed by atoms with Crippen molar-refractivity contribution < 1.29 is 27.5 Å². The number of halogens is 1. The molecule has 0 aliphatic heterocycles. The Morgan fingerprint density at radius 2 is 1.57 bits per heavy atom. The Labute approximate surface area is 265 Å². The third kappa shape index (κ3) is 8.04. The maximum Gasteiger partial charge on any atom is 0.264 e. The summed E-state index contributed by atoms with van der Waals surface area (Å²) in [4.78, 5) is 29.0. The smallest absolute Gasteiger partial charge is 0.264 e. The largest absolute Gasteiger partial charge is 0.493 e. The first-order valence-corrected chi connectivity index (χ1v) is 16.5.